The molecule has 0 bridgehead atoms. The van der Waals surface area contributed by atoms with Crippen LogP contribution in [0.5, 0.6) is 5.75 Å². The second-order valence-corrected chi connectivity index (χ2v) is 7.05. The summed E-state index contributed by atoms with van der Waals surface area (Å²) in [5.74, 6) is -0.675. The van der Waals surface area contributed by atoms with Crippen LogP contribution in [0.25, 0.3) is 0 Å². The van der Waals surface area contributed by atoms with Crippen molar-refractivity contribution < 1.29 is 28.6 Å². The number of hydrogen-bond acceptors (Lipinski definition) is 6. The van der Waals surface area contributed by atoms with Gasteiger partial charge in [-0.1, -0.05) is 12.8 Å². The molecular weight excluding hydrogens is 364 g/mol. The van der Waals surface area contributed by atoms with Crippen LogP contribution < -0.4 is 15.4 Å². The molecule has 2 aliphatic rings. The Morgan fingerprint density at radius 2 is 1.79 bits per heavy atom. The fourth-order valence-corrected chi connectivity index (χ4v) is 3.32. The van der Waals surface area contributed by atoms with Crippen molar-refractivity contribution in [3.63, 3.8) is 0 Å². The van der Waals surface area contributed by atoms with Gasteiger partial charge in [-0.15, -0.1) is 0 Å². The van der Waals surface area contributed by atoms with E-state index in [1.165, 1.54) is 0 Å². The molecule has 0 unspecified atom stereocenters. The molecule has 1 aromatic carbocycles. The number of ether oxygens (including phenoxy) is 3. The predicted molar refractivity (Wildman–Crippen MR) is 100 cm³/mol. The Balaban J connectivity index is 1.36. The van der Waals surface area contributed by atoms with Crippen molar-refractivity contribution in [1.29, 1.82) is 0 Å². The Kier molecular flexibility index (Phi) is 7.25. The van der Waals surface area contributed by atoms with Crippen molar-refractivity contribution in [1.82, 2.24) is 10.6 Å². The Morgan fingerprint density at radius 1 is 1.04 bits per heavy atom. The summed E-state index contributed by atoms with van der Waals surface area (Å²) in [5.41, 5.74) is 0.299. The number of benzene rings is 1. The fraction of sp³-hybridized carbons (Fsp3) is 0.550. The predicted octanol–water partition coefficient (Wildman–Crippen LogP) is 2.17. The molecule has 28 heavy (non-hydrogen) atoms. The van der Waals surface area contributed by atoms with E-state index in [2.05, 4.69) is 10.6 Å². The van der Waals surface area contributed by atoms with E-state index in [1.807, 2.05) is 0 Å². The molecule has 8 nitrogen and oxygen atoms in total. The summed E-state index contributed by atoms with van der Waals surface area (Å²) in [7, 11) is 0. The molecule has 1 aliphatic heterocycles. The Hall–Kier alpha value is -2.61. The lowest BCUT2D eigenvalue weighted by molar-refractivity contribution is -0.123. The van der Waals surface area contributed by atoms with Gasteiger partial charge in [0.05, 0.1) is 11.7 Å². The number of nitrogens with one attached hydrogen (secondary N) is 2. The second-order valence-electron chi connectivity index (χ2n) is 7.05. The summed E-state index contributed by atoms with van der Waals surface area (Å²) in [6.07, 6.45) is 6.16. The Labute approximate surface area is 163 Å². The van der Waals surface area contributed by atoms with Crippen molar-refractivity contribution in [2.24, 2.45) is 0 Å². The van der Waals surface area contributed by atoms with Crippen LogP contribution in [-0.2, 0) is 14.3 Å². The van der Waals surface area contributed by atoms with Gasteiger partial charge in [-0.2, -0.15) is 0 Å². The highest BCUT2D eigenvalue weighted by molar-refractivity contribution is 5.97. The minimum absolute atomic E-state index is 0.108. The summed E-state index contributed by atoms with van der Waals surface area (Å²) >= 11 is 0. The molecule has 1 heterocycles. The van der Waals surface area contributed by atoms with Gasteiger partial charge in [-0.05, 0) is 49.9 Å². The van der Waals surface area contributed by atoms with Gasteiger partial charge in [0.25, 0.3) is 5.91 Å². The van der Waals surface area contributed by atoms with Crippen molar-refractivity contribution >= 4 is 17.9 Å². The molecule has 3 amide bonds. The number of rotatable bonds is 7. The molecule has 1 saturated heterocycles. The first-order valence-corrected chi connectivity index (χ1v) is 9.72. The molecule has 8 heteroatoms. The van der Waals surface area contributed by atoms with Crippen LogP contribution in [0.15, 0.2) is 24.3 Å². The standard InChI is InChI=1S/C20H26N2O6/c23-18(22-20(25)21-15-4-1-2-5-15)13-28-19(24)14-7-9-16(10-8-14)27-12-17-6-3-11-26-17/h7-10,15,17H,1-6,11-13H2,(H2,21,22,23,25)/t17-/m0/s1. The molecule has 2 fully saturated rings. The highest BCUT2D eigenvalue weighted by Gasteiger charge is 2.19. The minimum Gasteiger partial charge on any atom is -0.491 e. The monoisotopic (exact) mass is 390 g/mol. The summed E-state index contributed by atoms with van der Waals surface area (Å²) in [6.45, 7) is 0.732. The first-order chi connectivity index (χ1) is 13.6. The molecule has 1 saturated carbocycles. The topological polar surface area (TPSA) is 103 Å². The SMILES string of the molecule is O=C(COC(=O)c1ccc(OC[C@@H]2CCCO2)cc1)NC(=O)NC1CCCC1. The zero-order valence-corrected chi connectivity index (χ0v) is 15.8. The van der Waals surface area contributed by atoms with Crippen LogP contribution in [0.1, 0.15) is 48.9 Å². The number of carbonyl (C=O) groups excluding carboxylic acids is 3. The highest BCUT2D eigenvalue weighted by atomic mass is 16.5. The van der Waals surface area contributed by atoms with E-state index in [-0.39, 0.29) is 12.1 Å². The number of urea groups is 1. The summed E-state index contributed by atoms with van der Waals surface area (Å²) in [6, 6.07) is 6.02. The molecule has 3 rings (SSSR count). The van der Waals surface area contributed by atoms with Gasteiger partial charge in [0.1, 0.15) is 12.4 Å². The quantitative estimate of drug-likeness (QED) is 0.692. The van der Waals surface area contributed by atoms with Gasteiger partial charge in [0.2, 0.25) is 0 Å². The first-order valence-electron chi connectivity index (χ1n) is 9.72. The highest BCUT2D eigenvalue weighted by Crippen LogP contribution is 2.18. The summed E-state index contributed by atoms with van der Waals surface area (Å²) in [4.78, 5) is 35.5. The largest absolute Gasteiger partial charge is 0.491 e. The molecular formula is C20H26N2O6. The maximum absolute atomic E-state index is 12.0. The molecule has 2 N–H and O–H groups in total. The summed E-state index contributed by atoms with van der Waals surface area (Å²) in [5, 5.41) is 4.90. The molecule has 0 spiro atoms. The molecule has 1 aliphatic carbocycles. The van der Waals surface area contributed by atoms with E-state index in [1.54, 1.807) is 24.3 Å². The van der Waals surface area contributed by atoms with E-state index in [9.17, 15) is 14.4 Å². The van der Waals surface area contributed by atoms with E-state index in [4.69, 9.17) is 14.2 Å². The van der Waals surface area contributed by atoms with Crippen molar-refractivity contribution in [3.05, 3.63) is 29.8 Å². The van der Waals surface area contributed by atoms with Gasteiger partial charge in [0, 0.05) is 12.6 Å². The van der Waals surface area contributed by atoms with Crippen molar-refractivity contribution in [3.8, 4) is 5.75 Å². The Bertz CT molecular complexity index is 678. The zero-order valence-electron chi connectivity index (χ0n) is 15.8. The number of esters is 1. The van der Waals surface area contributed by atoms with E-state index in [0.29, 0.717) is 17.9 Å². The number of carbonyl (C=O) groups is 3. The van der Waals surface area contributed by atoms with Gasteiger partial charge >= 0.3 is 12.0 Å². The average molecular weight is 390 g/mol. The maximum Gasteiger partial charge on any atom is 0.338 e. The number of hydrogen-bond donors (Lipinski definition) is 2. The normalized spacial score (nSPS) is 19.2. The van der Waals surface area contributed by atoms with Crippen molar-refractivity contribution in [2.45, 2.75) is 50.7 Å². The lowest BCUT2D eigenvalue weighted by Gasteiger charge is -2.12. The van der Waals surface area contributed by atoms with E-state index < -0.39 is 24.5 Å². The van der Waals surface area contributed by atoms with Gasteiger partial charge < -0.3 is 19.5 Å². The van der Waals surface area contributed by atoms with Crippen LogP contribution in [0.3, 0.4) is 0 Å². The van der Waals surface area contributed by atoms with Crippen LogP contribution in [-0.4, -0.2) is 49.9 Å². The average Bonchev–Trinajstić information content (AvgIpc) is 3.39. The number of amides is 3. The van der Waals surface area contributed by atoms with Crippen LogP contribution in [0, 0.1) is 0 Å². The second kappa shape index (κ2) is 10.1. The molecule has 152 valence electrons. The third-order valence-electron chi connectivity index (χ3n) is 4.83. The maximum atomic E-state index is 12.0. The molecule has 0 aromatic heterocycles. The zero-order chi connectivity index (χ0) is 19.8. The smallest absolute Gasteiger partial charge is 0.338 e. The minimum atomic E-state index is -0.666. The van der Waals surface area contributed by atoms with Gasteiger partial charge in [-0.25, -0.2) is 9.59 Å². The first kappa shape index (κ1) is 20.1. The van der Waals surface area contributed by atoms with Crippen LogP contribution in [0.4, 0.5) is 4.79 Å². The molecule has 0 radical (unpaired) electrons. The van der Waals surface area contributed by atoms with E-state index >= 15 is 0 Å². The van der Waals surface area contributed by atoms with Crippen LogP contribution in [0.2, 0.25) is 0 Å². The number of imide groups is 1. The third-order valence-corrected chi connectivity index (χ3v) is 4.83. The fourth-order valence-electron chi connectivity index (χ4n) is 3.32. The van der Waals surface area contributed by atoms with Gasteiger partial charge in [-0.3, -0.25) is 10.1 Å². The van der Waals surface area contributed by atoms with Crippen LogP contribution >= 0.6 is 0 Å². The van der Waals surface area contributed by atoms with Crippen molar-refractivity contribution in [2.75, 3.05) is 19.8 Å². The van der Waals surface area contributed by atoms with E-state index in [0.717, 1.165) is 45.1 Å². The summed E-state index contributed by atoms with van der Waals surface area (Å²) < 4.78 is 16.1. The molecule has 1 aromatic rings. The lowest BCUT2D eigenvalue weighted by atomic mass is 10.2. The molecule has 1 atom stereocenters. The van der Waals surface area contributed by atoms with Gasteiger partial charge in [0.15, 0.2) is 6.61 Å². The third kappa shape index (κ3) is 6.23. The Morgan fingerprint density at radius 3 is 2.46 bits per heavy atom. The lowest BCUT2D eigenvalue weighted by Crippen LogP contribution is -2.44.